The van der Waals surface area contributed by atoms with Gasteiger partial charge in [0, 0.05) is 51.5 Å². The first-order valence-corrected chi connectivity index (χ1v) is 22.5. The van der Waals surface area contributed by atoms with Crippen molar-refractivity contribution in [2.45, 2.75) is 96.3 Å². The Bertz CT molecular complexity index is 2280. The van der Waals surface area contributed by atoms with E-state index in [1.807, 2.05) is 12.1 Å². The van der Waals surface area contributed by atoms with Crippen LogP contribution in [0.3, 0.4) is 0 Å². The number of fused-ring (bicyclic) bond motifs is 3. The summed E-state index contributed by atoms with van der Waals surface area (Å²) in [5, 5.41) is 0. The molecule has 8 rings (SSSR count). The Balaban J connectivity index is 1.23. The van der Waals surface area contributed by atoms with Gasteiger partial charge in [0.15, 0.2) is 11.6 Å². The summed E-state index contributed by atoms with van der Waals surface area (Å²) in [4.78, 5) is 81.5. The van der Waals surface area contributed by atoms with Gasteiger partial charge in [0.05, 0.1) is 25.9 Å². The van der Waals surface area contributed by atoms with Crippen molar-refractivity contribution >= 4 is 91.4 Å². The smallest absolute Gasteiger partial charge is 0.294 e. The number of unbranched alkanes of at least 4 members (excludes halogenated alkanes) is 6. The quantitative estimate of drug-likeness (QED) is 0.0626. The first-order chi connectivity index (χ1) is 26.7. The minimum absolute atomic E-state index is 0.264. The van der Waals surface area contributed by atoms with Crippen LogP contribution in [0.5, 0.6) is 0 Å². The zero-order chi connectivity index (χ0) is 39.8. The van der Waals surface area contributed by atoms with Crippen LogP contribution in [0.1, 0.15) is 144 Å². The third kappa shape index (κ3) is 6.19. The molecule has 0 spiro atoms. The van der Waals surface area contributed by atoms with Crippen LogP contribution >= 0.6 is 56.7 Å². The molecule has 0 saturated carbocycles. The van der Waals surface area contributed by atoms with E-state index in [1.54, 1.807) is 0 Å². The molecule has 0 atom stereocenters. The molecule has 0 radical (unpaired) electrons. The van der Waals surface area contributed by atoms with Crippen molar-refractivity contribution in [1.29, 1.82) is 0 Å². The Morgan fingerprint density at radius 2 is 0.839 bits per heavy atom. The molecular weight excluding hydrogens is 825 g/mol. The van der Waals surface area contributed by atoms with E-state index in [1.165, 1.54) is 46.1 Å². The lowest BCUT2D eigenvalue weighted by Gasteiger charge is -2.04. The highest BCUT2D eigenvalue weighted by Gasteiger charge is 2.57. The summed E-state index contributed by atoms with van der Waals surface area (Å²) in [6.07, 6.45) is 8.63. The summed E-state index contributed by atoms with van der Waals surface area (Å²) in [7, 11) is 0. The van der Waals surface area contributed by atoms with Crippen molar-refractivity contribution in [3.8, 4) is 39.0 Å². The van der Waals surface area contributed by atoms with Crippen LogP contribution in [0.25, 0.3) is 39.0 Å². The topological polar surface area (TPSA) is 102 Å². The first-order valence-electron chi connectivity index (χ1n) is 18.4. The van der Waals surface area contributed by atoms with Gasteiger partial charge in [-0.1, -0.05) is 52.4 Å². The number of carbonyl (C=O) groups excluding carboxylic acids is 6. The van der Waals surface area contributed by atoms with E-state index in [-0.39, 0.29) is 38.9 Å². The number of carbonyl (C=O) groups is 6. The first kappa shape index (κ1) is 39.1. The molecule has 0 saturated heterocycles. The highest BCUT2D eigenvalue weighted by atomic mass is 32.1. The Morgan fingerprint density at radius 3 is 1.21 bits per heavy atom. The summed E-state index contributed by atoms with van der Waals surface area (Å²) in [6.45, 7) is 4.19. The molecule has 6 nitrogen and oxygen atoms in total. The van der Waals surface area contributed by atoms with Gasteiger partial charge in [-0.05, 0) is 61.1 Å². The molecule has 5 aromatic rings. The van der Waals surface area contributed by atoms with E-state index < -0.39 is 35.0 Å². The van der Waals surface area contributed by atoms with E-state index >= 15 is 0 Å². The fourth-order valence-electron chi connectivity index (χ4n) is 7.50. The molecule has 290 valence electrons. The van der Waals surface area contributed by atoms with Crippen LogP contribution in [0.4, 0.5) is 17.6 Å². The number of rotatable bonds is 14. The molecule has 56 heavy (non-hydrogen) atoms. The second kappa shape index (κ2) is 14.6. The summed E-state index contributed by atoms with van der Waals surface area (Å²) in [5.41, 5.74) is 1.83. The molecule has 0 aromatic carbocycles. The van der Waals surface area contributed by atoms with Crippen molar-refractivity contribution in [2.75, 3.05) is 0 Å². The second-order valence-corrected chi connectivity index (χ2v) is 19.5. The number of alkyl halides is 4. The summed E-state index contributed by atoms with van der Waals surface area (Å²) in [5.74, 6) is -14.8. The molecule has 0 N–H and O–H groups in total. The highest BCUT2D eigenvalue weighted by molar-refractivity contribution is 7.30. The van der Waals surface area contributed by atoms with Gasteiger partial charge in [-0.15, -0.1) is 56.7 Å². The number of hydrogen-bond donors (Lipinski definition) is 0. The highest BCUT2D eigenvalue weighted by Crippen LogP contribution is 2.54. The van der Waals surface area contributed by atoms with Gasteiger partial charge in [-0.3, -0.25) is 28.8 Å². The SMILES string of the molecule is CCCCCCc1cc(-c2sc(-c3cc(CCCCCC)c(-c4cc5c(s4)C(=O)C(F)(F)C5=O)s3)c3c2C(=O)CC3=O)sc1-c1cc2c(s1)C(=O)C(F)(F)C2=O. The average Bonchev–Trinajstić information content (AvgIpc) is 4.03. The van der Waals surface area contributed by atoms with Gasteiger partial charge in [0.2, 0.25) is 11.6 Å². The van der Waals surface area contributed by atoms with Crippen molar-refractivity contribution in [1.82, 2.24) is 0 Å². The fourth-order valence-corrected chi connectivity index (χ4v) is 14.0. The molecule has 0 bridgehead atoms. The van der Waals surface area contributed by atoms with E-state index in [9.17, 15) is 46.3 Å². The molecule has 5 aromatic heterocycles. The zero-order valence-corrected chi connectivity index (χ0v) is 34.2. The third-order valence-electron chi connectivity index (χ3n) is 10.4. The largest absolute Gasteiger partial charge is 0.372 e. The second-order valence-electron chi connectivity index (χ2n) is 14.3. The number of aryl methyl sites for hydroxylation is 2. The van der Waals surface area contributed by atoms with Crippen molar-refractivity contribution in [3.63, 3.8) is 0 Å². The van der Waals surface area contributed by atoms with Gasteiger partial charge in [0.1, 0.15) is 0 Å². The molecule has 3 aliphatic rings. The molecule has 0 unspecified atom stereocenters. The van der Waals surface area contributed by atoms with Crippen LogP contribution in [-0.2, 0) is 12.8 Å². The maximum absolute atomic E-state index is 14.3. The maximum atomic E-state index is 14.3. The van der Waals surface area contributed by atoms with E-state index in [4.69, 9.17) is 0 Å². The predicted molar refractivity (Wildman–Crippen MR) is 214 cm³/mol. The Hall–Kier alpha value is -3.76. The van der Waals surface area contributed by atoms with Crippen molar-refractivity contribution in [3.05, 3.63) is 67.4 Å². The van der Waals surface area contributed by atoms with Gasteiger partial charge in [-0.2, -0.15) is 17.6 Å². The van der Waals surface area contributed by atoms with Gasteiger partial charge < -0.3 is 0 Å². The van der Waals surface area contributed by atoms with Crippen LogP contribution < -0.4 is 0 Å². The summed E-state index contributed by atoms with van der Waals surface area (Å²) < 4.78 is 57.1. The lowest BCUT2D eigenvalue weighted by Crippen LogP contribution is -2.30. The number of hydrogen-bond acceptors (Lipinski definition) is 11. The van der Waals surface area contributed by atoms with E-state index in [0.717, 1.165) is 85.2 Å². The number of thiophene rings is 5. The van der Waals surface area contributed by atoms with Crippen molar-refractivity contribution < 1.29 is 46.3 Å². The molecule has 3 aliphatic carbocycles. The third-order valence-corrected chi connectivity index (χ3v) is 16.9. The monoisotopic (exact) mass is 856 g/mol. The van der Waals surface area contributed by atoms with E-state index in [0.29, 0.717) is 63.0 Å². The Labute approximate surface area is 338 Å². The molecular formula is C41H32F4O6S5. The normalized spacial score (nSPS) is 16.8. The lowest BCUT2D eigenvalue weighted by atomic mass is 10.0. The Kier molecular flexibility index (Phi) is 10.2. The minimum atomic E-state index is -4.08. The van der Waals surface area contributed by atoms with Gasteiger partial charge in [0.25, 0.3) is 11.6 Å². The summed E-state index contributed by atoms with van der Waals surface area (Å²) in [6, 6.07) is 6.64. The standard InChI is InChI=1S/C41H32F4O6S5/c1-3-5-7-9-11-18-13-24(52-30(18)26-15-20-32(54-26)38(50)40(42,43)36(20)48)34-28-22(46)17-23(47)29(28)35(56-34)25-14-19(12-10-8-6-4-2)31(53-25)27-16-21-33(55-27)39(51)41(44,45)37(21)49/h13-16H,3-12,17H2,1-2H3. The van der Waals surface area contributed by atoms with E-state index in [2.05, 4.69) is 13.8 Å². The number of ketones is 6. The molecule has 0 aliphatic heterocycles. The molecule has 5 heterocycles. The fraction of sp³-hybridized carbons (Fsp3) is 0.366. The van der Waals surface area contributed by atoms with Crippen LogP contribution in [-0.4, -0.2) is 46.5 Å². The van der Waals surface area contributed by atoms with Gasteiger partial charge in [-0.25, -0.2) is 0 Å². The maximum Gasteiger partial charge on any atom is 0.372 e. The van der Waals surface area contributed by atoms with Gasteiger partial charge >= 0.3 is 11.8 Å². The van der Waals surface area contributed by atoms with Crippen LogP contribution in [0.2, 0.25) is 0 Å². The molecule has 0 fully saturated rings. The van der Waals surface area contributed by atoms with Crippen molar-refractivity contribution in [2.24, 2.45) is 0 Å². The molecule has 15 heteroatoms. The van der Waals surface area contributed by atoms with Crippen LogP contribution in [0.15, 0.2) is 24.3 Å². The molecule has 0 amide bonds. The van der Waals surface area contributed by atoms with Crippen LogP contribution in [0, 0.1) is 0 Å². The zero-order valence-electron chi connectivity index (χ0n) is 30.1. The summed E-state index contributed by atoms with van der Waals surface area (Å²) >= 11 is 5.68. The number of Topliss-reactive ketones (excluding diaryl/α,β-unsaturated/α-hetero) is 6. The Morgan fingerprint density at radius 1 is 0.464 bits per heavy atom. The predicted octanol–water partition coefficient (Wildman–Crippen LogP) is 12.7. The average molecular weight is 857 g/mol. The minimum Gasteiger partial charge on any atom is -0.294 e. The number of halogens is 4. The lowest BCUT2D eigenvalue weighted by molar-refractivity contribution is 0.0187.